The molecule has 2 atom stereocenters. The number of carboxylic acids is 1. The molecule has 5 heteroatoms. The van der Waals surface area contributed by atoms with E-state index in [-0.39, 0.29) is 18.6 Å². The monoisotopic (exact) mass is 243 g/mol. The third-order valence-electron chi connectivity index (χ3n) is 2.59. The summed E-state index contributed by atoms with van der Waals surface area (Å²) in [5, 5.41) is 11.3. The summed E-state index contributed by atoms with van der Waals surface area (Å²) in [5.74, 6) is -0.343. The van der Waals surface area contributed by atoms with Crippen molar-refractivity contribution < 1.29 is 19.4 Å². The first-order valence-corrected chi connectivity index (χ1v) is 5.99. The van der Waals surface area contributed by atoms with Gasteiger partial charge in [-0.25, -0.2) is 4.79 Å². The zero-order valence-corrected chi connectivity index (χ0v) is 10.7. The average Bonchev–Trinajstić information content (AvgIpc) is 2.78. The molecule has 1 amide bonds. The van der Waals surface area contributed by atoms with Gasteiger partial charge < -0.3 is 15.2 Å². The van der Waals surface area contributed by atoms with Crippen molar-refractivity contribution in [3.05, 3.63) is 0 Å². The molecule has 0 aromatic carbocycles. The molecule has 0 saturated heterocycles. The van der Waals surface area contributed by atoms with Gasteiger partial charge in [0, 0.05) is 12.5 Å². The number of carbonyl (C=O) groups is 2. The van der Waals surface area contributed by atoms with Crippen LogP contribution in [0.5, 0.6) is 0 Å². The number of alkyl carbamates (subject to hydrolysis) is 1. The van der Waals surface area contributed by atoms with Crippen LogP contribution in [0.15, 0.2) is 0 Å². The number of ether oxygens (including phenoxy) is 1. The minimum atomic E-state index is -0.762. The molecule has 0 aromatic rings. The first-order valence-electron chi connectivity index (χ1n) is 5.99. The van der Waals surface area contributed by atoms with Crippen LogP contribution in [0, 0.1) is 5.92 Å². The Balaban J connectivity index is 2.11. The lowest BCUT2D eigenvalue weighted by Gasteiger charge is -2.19. The number of carbonyl (C=O) groups excluding carboxylic acids is 1. The van der Waals surface area contributed by atoms with E-state index in [1.165, 1.54) is 0 Å². The Hall–Kier alpha value is -1.26. The Labute approximate surface area is 102 Å². The highest BCUT2D eigenvalue weighted by atomic mass is 16.6. The van der Waals surface area contributed by atoms with E-state index < -0.39 is 11.6 Å². The zero-order chi connectivity index (χ0) is 13.1. The van der Waals surface area contributed by atoms with Gasteiger partial charge in [0.2, 0.25) is 0 Å². The largest absolute Gasteiger partial charge is 0.481 e. The molecule has 0 bridgehead atoms. The maximum Gasteiger partial charge on any atom is 0.407 e. The Morgan fingerprint density at radius 3 is 2.59 bits per heavy atom. The van der Waals surface area contributed by atoms with Crippen LogP contribution in [0.3, 0.4) is 0 Å². The lowest BCUT2D eigenvalue weighted by atomic mass is 10.2. The van der Waals surface area contributed by atoms with E-state index in [1.807, 2.05) is 20.8 Å². The van der Waals surface area contributed by atoms with E-state index in [2.05, 4.69) is 5.32 Å². The standard InChI is InChI=1S/C12H21NO4/c1-12(2,3)17-11(16)13-9-7-8(9)5-4-6-10(14)15/h8-9H,4-7H2,1-3H3,(H,13,16)(H,14,15). The molecule has 98 valence electrons. The third kappa shape index (κ3) is 6.14. The highest BCUT2D eigenvalue weighted by molar-refractivity contribution is 5.68. The molecule has 0 aliphatic heterocycles. The number of hydrogen-bond acceptors (Lipinski definition) is 3. The maximum atomic E-state index is 11.4. The molecular weight excluding hydrogens is 222 g/mol. The minimum absolute atomic E-state index is 0.165. The smallest absolute Gasteiger partial charge is 0.407 e. The average molecular weight is 243 g/mol. The van der Waals surface area contributed by atoms with Crippen LogP contribution in [-0.2, 0) is 9.53 Å². The molecule has 0 heterocycles. The van der Waals surface area contributed by atoms with E-state index in [0.29, 0.717) is 12.3 Å². The molecule has 0 spiro atoms. The van der Waals surface area contributed by atoms with Crippen molar-refractivity contribution in [2.75, 3.05) is 0 Å². The third-order valence-corrected chi connectivity index (χ3v) is 2.59. The zero-order valence-electron chi connectivity index (χ0n) is 10.7. The fraction of sp³-hybridized carbons (Fsp3) is 0.833. The van der Waals surface area contributed by atoms with Gasteiger partial charge in [-0.1, -0.05) is 0 Å². The molecule has 0 radical (unpaired) electrons. The summed E-state index contributed by atoms with van der Waals surface area (Å²) >= 11 is 0. The molecule has 1 aliphatic rings. The van der Waals surface area contributed by atoms with Gasteiger partial charge in [0.05, 0.1) is 0 Å². The highest BCUT2D eigenvalue weighted by Gasteiger charge is 2.38. The quantitative estimate of drug-likeness (QED) is 0.775. The second-order valence-corrected chi connectivity index (χ2v) is 5.53. The minimum Gasteiger partial charge on any atom is -0.481 e. The van der Waals surface area contributed by atoms with Crippen LogP contribution in [-0.4, -0.2) is 28.8 Å². The second-order valence-electron chi connectivity index (χ2n) is 5.53. The summed E-state index contributed by atoms with van der Waals surface area (Å²) in [6, 6.07) is 0.165. The number of amides is 1. The Kier molecular flexibility index (Phi) is 4.37. The number of rotatable bonds is 5. The Bertz CT molecular complexity index is 295. The normalized spacial score (nSPS) is 23.0. The van der Waals surface area contributed by atoms with Crippen LogP contribution in [0.1, 0.15) is 46.5 Å². The summed E-state index contributed by atoms with van der Waals surface area (Å²) < 4.78 is 5.14. The van der Waals surface area contributed by atoms with E-state index in [9.17, 15) is 9.59 Å². The SMILES string of the molecule is CC(C)(C)OC(=O)NC1CC1CCCC(=O)O. The lowest BCUT2D eigenvalue weighted by Crippen LogP contribution is -2.34. The number of nitrogens with one attached hydrogen (secondary N) is 1. The summed E-state index contributed by atoms with van der Waals surface area (Å²) in [6.45, 7) is 5.47. The van der Waals surface area contributed by atoms with Gasteiger partial charge in [0.25, 0.3) is 0 Å². The topological polar surface area (TPSA) is 75.6 Å². The van der Waals surface area contributed by atoms with Crippen LogP contribution in [0.4, 0.5) is 4.79 Å². The van der Waals surface area contributed by atoms with Gasteiger partial charge in [-0.15, -0.1) is 0 Å². The van der Waals surface area contributed by atoms with Gasteiger partial charge in [0.15, 0.2) is 0 Å². The van der Waals surface area contributed by atoms with Crippen molar-refractivity contribution in [3.63, 3.8) is 0 Å². The first-order chi connectivity index (χ1) is 7.78. The fourth-order valence-electron chi connectivity index (χ4n) is 1.72. The van der Waals surface area contributed by atoms with E-state index in [4.69, 9.17) is 9.84 Å². The summed E-state index contributed by atoms with van der Waals surface area (Å²) in [4.78, 5) is 21.7. The number of hydrogen-bond donors (Lipinski definition) is 2. The molecule has 2 N–H and O–H groups in total. The van der Waals surface area contributed by atoms with Crippen LogP contribution in [0.2, 0.25) is 0 Å². The molecule has 0 aromatic heterocycles. The van der Waals surface area contributed by atoms with Crippen molar-refractivity contribution in [2.24, 2.45) is 5.92 Å². The van der Waals surface area contributed by atoms with Crippen molar-refractivity contribution in [1.82, 2.24) is 5.32 Å². The van der Waals surface area contributed by atoms with Gasteiger partial charge in [0.1, 0.15) is 5.60 Å². The van der Waals surface area contributed by atoms with E-state index >= 15 is 0 Å². The molecule has 1 saturated carbocycles. The first kappa shape index (κ1) is 13.8. The molecule has 17 heavy (non-hydrogen) atoms. The van der Waals surface area contributed by atoms with Gasteiger partial charge in [-0.05, 0) is 46.0 Å². The van der Waals surface area contributed by atoms with Gasteiger partial charge in [-0.3, -0.25) is 4.79 Å². The summed E-state index contributed by atoms with van der Waals surface area (Å²) in [5.41, 5.74) is -0.474. The molecule has 2 unspecified atom stereocenters. The lowest BCUT2D eigenvalue weighted by molar-refractivity contribution is -0.137. The maximum absolute atomic E-state index is 11.4. The molecule has 1 fully saturated rings. The van der Waals surface area contributed by atoms with Crippen molar-refractivity contribution in [3.8, 4) is 0 Å². The fourth-order valence-corrected chi connectivity index (χ4v) is 1.72. The van der Waals surface area contributed by atoms with E-state index in [1.54, 1.807) is 0 Å². The second kappa shape index (κ2) is 5.38. The van der Waals surface area contributed by atoms with Crippen molar-refractivity contribution in [2.45, 2.75) is 58.1 Å². The predicted octanol–water partition coefficient (Wildman–Crippen LogP) is 2.15. The van der Waals surface area contributed by atoms with Crippen molar-refractivity contribution >= 4 is 12.1 Å². The van der Waals surface area contributed by atoms with Crippen molar-refractivity contribution in [1.29, 1.82) is 0 Å². The van der Waals surface area contributed by atoms with Crippen LogP contribution >= 0.6 is 0 Å². The molecule has 1 aliphatic carbocycles. The summed E-state index contributed by atoms with van der Waals surface area (Å²) in [7, 11) is 0. The molecule has 5 nitrogen and oxygen atoms in total. The van der Waals surface area contributed by atoms with Gasteiger partial charge >= 0.3 is 12.1 Å². The summed E-state index contributed by atoms with van der Waals surface area (Å²) in [6.07, 6.45) is 2.27. The molecule has 1 rings (SSSR count). The number of aliphatic carboxylic acids is 1. The van der Waals surface area contributed by atoms with Crippen LogP contribution < -0.4 is 5.32 Å². The molecular formula is C12H21NO4. The highest BCUT2D eigenvalue weighted by Crippen LogP contribution is 2.35. The van der Waals surface area contributed by atoms with Gasteiger partial charge in [-0.2, -0.15) is 0 Å². The Morgan fingerprint density at radius 2 is 2.06 bits per heavy atom. The van der Waals surface area contributed by atoms with E-state index in [0.717, 1.165) is 12.8 Å². The number of carboxylic acid groups (broad SMARTS) is 1. The predicted molar refractivity (Wildman–Crippen MR) is 62.8 cm³/mol. The van der Waals surface area contributed by atoms with Crippen LogP contribution in [0.25, 0.3) is 0 Å². The Morgan fingerprint density at radius 1 is 1.41 bits per heavy atom.